The number of sulfonamides is 1. The Morgan fingerprint density at radius 2 is 2.05 bits per heavy atom. The monoisotopic (exact) mass is 339 g/mol. The highest BCUT2D eigenvalue weighted by Crippen LogP contribution is 2.34. The van der Waals surface area contributed by atoms with E-state index in [4.69, 9.17) is 5.73 Å². The van der Waals surface area contributed by atoms with Gasteiger partial charge in [-0.2, -0.15) is 17.5 Å². The van der Waals surface area contributed by atoms with Crippen molar-refractivity contribution in [1.29, 1.82) is 0 Å². The maximum atomic E-state index is 12.6. The maximum absolute atomic E-state index is 12.6. The summed E-state index contributed by atoms with van der Waals surface area (Å²) < 4.78 is 62.7. The molecule has 0 amide bonds. The predicted molar refractivity (Wildman–Crippen MR) is 73.1 cm³/mol. The third-order valence-electron chi connectivity index (χ3n) is 2.88. The number of hydrogen-bond acceptors (Lipinski definition) is 4. The molecule has 116 valence electrons. The van der Waals surface area contributed by atoms with E-state index in [-0.39, 0.29) is 15.6 Å². The van der Waals surface area contributed by atoms with Gasteiger partial charge >= 0.3 is 6.18 Å². The minimum Gasteiger partial charge on any atom is -0.388 e. The number of pyridine rings is 1. The van der Waals surface area contributed by atoms with Gasteiger partial charge in [0.1, 0.15) is 16.4 Å². The summed E-state index contributed by atoms with van der Waals surface area (Å²) in [4.78, 5) is 3.42. The van der Waals surface area contributed by atoms with Crippen LogP contribution in [0.5, 0.6) is 0 Å². The van der Waals surface area contributed by atoms with Gasteiger partial charge in [-0.25, -0.2) is 8.42 Å². The van der Waals surface area contributed by atoms with Crippen molar-refractivity contribution >= 4 is 27.2 Å². The van der Waals surface area contributed by atoms with Crippen LogP contribution in [-0.4, -0.2) is 41.5 Å². The Bertz CT molecular complexity index is 640. The molecule has 1 aromatic rings. The van der Waals surface area contributed by atoms with Crippen molar-refractivity contribution in [1.82, 2.24) is 9.29 Å². The molecule has 1 aliphatic carbocycles. The van der Waals surface area contributed by atoms with Crippen LogP contribution in [0.1, 0.15) is 18.5 Å². The molecule has 10 heteroatoms. The van der Waals surface area contributed by atoms with E-state index >= 15 is 0 Å². The van der Waals surface area contributed by atoms with Crippen LogP contribution in [0, 0.1) is 0 Å². The molecule has 1 fully saturated rings. The summed E-state index contributed by atoms with van der Waals surface area (Å²) in [6.45, 7) is -1.50. The van der Waals surface area contributed by atoms with Crippen molar-refractivity contribution < 1.29 is 21.6 Å². The van der Waals surface area contributed by atoms with Gasteiger partial charge in [0.05, 0.1) is 5.69 Å². The molecule has 0 saturated heterocycles. The average Bonchev–Trinajstić information content (AvgIpc) is 3.19. The van der Waals surface area contributed by atoms with E-state index in [1.807, 2.05) is 0 Å². The summed E-state index contributed by atoms with van der Waals surface area (Å²) in [5.74, 6) is 0. The molecule has 0 unspecified atom stereocenters. The quantitative estimate of drug-likeness (QED) is 0.822. The molecule has 1 saturated carbocycles. The standard InChI is InChI=1S/C11H12F3N3O2S2/c12-11(13,14)6-17(7-1-2-7)21(18,19)8-3-4-9(10(15)20)16-5-8/h3-5,7H,1-2,6H2,(H2,15,20). The lowest BCUT2D eigenvalue weighted by molar-refractivity contribution is -0.137. The second kappa shape index (κ2) is 5.50. The Morgan fingerprint density at radius 1 is 1.43 bits per heavy atom. The average molecular weight is 339 g/mol. The van der Waals surface area contributed by atoms with E-state index in [0.717, 1.165) is 12.3 Å². The molecule has 0 aliphatic heterocycles. The van der Waals surface area contributed by atoms with Gasteiger partial charge in [0, 0.05) is 12.2 Å². The largest absolute Gasteiger partial charge is 0.402 e. The van der Waals surface area contributed by atoms with Crippen molar-refractivity contribution in [2.45, 2.75) is 30.0 Å². The van der Waals surface area contributed by atoms with Gasteiger partial charge in [-0.05, 0) is 25.0 Å². The second-order valence-corrected chi connectivity index (χ2v) is 6.97. The third kappa shape index (κ3) is 3.89. The highest BCUT2D eigenvalue weighted by Gasteiger charge is 2.44. The zero-order valence-corrected chi connectivity index (χ0v) is 12.3. The lowest BCUT2D eigenvalue weighted by atomic mass is 10.3. The number of nitrogens with two attached hydrogens (primary N) is 1. The minimum absolute atomic E-state index is 0.0201. The first-order chi connectivity index (χ1) is 9.61. The zero-order chi connectivity index (χ0) is 15.8. The fraction of sp³-hybridized carbons (Fsp3) is 0.455. The van der Waals surface area contributed by atoms with E-state index in [9.17, 15) is 21.6 Å². The van der Waals surface area contributed by atoms with E-state index in [1.54, 1.807) is 0 Å². The first-order valence-corrected chi connectivity index (χ1v) is 7.80. The Hall–Kier alpha value is -1.26. The third-order valence-corrected chi connectivity index (χ3v) is 4.98. The molecule has 5 nitrogen and oxygen atoms in total. The van der Waals surface area contributed by atoms with Crippen molar-refractivity contribution in [3.63, 3.8) is 0 Å². The van der Waals surface area contributed by atoms with Crippen LogP contribution in [-0.2, 0) is 10.0 Å². The molecule has 1 aromatic heterocycles. The lowest BCUT2D eigenvalue weighted by Crippen LogP contribution is -2.40. The van der Waals surface area contributed by atoms with Crippen LogP contribution in [0.15, 0.2) is 23.2 Å². The zero-order valence-electron chi connectivity index (χ0n) is 10.7. The molecule has 2 N–H and O–H groups in total. The van der Waals surface area contributed by atoms with Gasteiger partial charge < -0.3 is 5.73 Å². The molecule has 0 spiro atoms. The number of alkyl halides is 3. The normalized spacial score (nSPS) is 16.2. The number of nitrogens with zero attached hydrogens (tertiary/aromatic N) is 2. The summed E-state index contributed by atoms with van der Waals surface area (Å²) in [7, 11) is -4.25. The van der Waals surface area contributed by atoms with Gasteiger partial charge in [0.25, 0.3) is 0 Å². The smallest absolute Gasteiger partial charge is 0.388 e. The number of aromatic nitrogens is 1. The molecule has 2 rings (SSSR count). The topological polar surface area (TPSA) is 76.3 Å². The molecular weight excluding hydrogens is 327 g/mol. The molecule has 21 heavy (non-hydrogen) atoms. The maximum Gasteiger partial charge on any atom is 0.402 e. The highest BCUT2D eigenvalue weighted by molar-refractivity contribution is 7.89. The summed E-state index contributed by atoms with van der Waals surface area (Å²) in [5, 5.41) is 0. The minimum atomic E-state index is -4.60. The summed E-state index contributed by atoms with van der Waals surface area (Å²) >= 11 is 4.68. The molecule has 1 aliphatic rings. The lowest BCUT2D eigenvalue weighted by Gasteiger charge is -2.23. The SMILES string of the molecule is NC(=S)c1ccc(S(=O)(=O)N(CC(F)(F)F)C2CC2)cn1. The summed E-state index contributed by atoms with van der Waals surface area (Å²) in [6.07, 6.45) is -2.78. The van der Waals surface area contributed by atoms with Gasteiger partial charge in [-0.1, -0.05) is 12.2 Å². The number of halogens is 3. The van der Waals surface area contributed by atoms with Crippen molar-refractivity contribution in [2.24, 2.45) is 5.73 Å². The Kier molecular flexibility index (Phi) is 4.22. The van der Waals surface area contributed by atoms with Crippen LogP contribution >= 0.6 is 12.2 Å². The first-order valence-electron chi connectivity index (χ1n) is 5.96. The number of thiocarbonyl (C=S) groups is 1. The Balaban J connectivity index is 2.32. The molecule has 0 radical (unpaired) electrons. The van der Waals surface area contributed by atoms with Gasteiger partial charge in [0.15, 0.2) is 0 Å². The molecule has 0 atom stereocenters. The predicted octanol–water partition coefficient (Wildman–Crippen LogP) is 1.43. The fourth-order valence-corrected chi connectivity index (χ4v) is 3.50. The van der Waals surface area contributed by atoms with Gasteiger partial charge in [0.2, 0.25) is 10.0 Å². The number of hydrogen-bond donors (Lipinski definition) is 1. The Morgan fingerprint density at radius 3 is 2.43 bits per heavy atom. The van der Waals surface area contributed by atoms with Crippen LogP contribution in [0.2, 0.25) is 0 Å². The van der Waals surface area contributed by atoms with E-state index in [0.29, 0.717) is 17.1 Å². The van der Waals surface area contributed by atoms with Crippen LogP contribution in [0.3, 0.4) is 0 Å². The molecule has 0 aromatic carbocycles. The van der Waals surface area contributed by atoms with Crippen LogP contribution < -0.4 is 5.73 Å². The Labute approximate surface area is 125 Å². The van der Waals surface area contributed by atoms with E-state index in [2.05, 4.69) is 17.2 Å². The second-order valence-electron chi connectivity index (χ2n) is 4.64. The number of rotatable bonds is 5. The van der Waals surface area contributed by atoms with Gasteiger partial charge in [-0.15, -0.1) is 0 Å². The molecule has 1 heterocycles. The van der Waals surface area contributed by atoms with Crippen molar-refractivity contribution in [3.05, 3.63) is 24.0 Å². The fourth-order valence-electron chi connectivity index (χ4n) is 1.76. The van der Waals surface area contributed by atoms with Crippen molar-refractivity contribution in [2.75, 3.05) is 6.54 Å². The first kappa shape index (κ1) is 16.1. The van der Waals surface area contributed by atoms with Crippen LogP contribution in [0.25, 0.3) is 0 Å². The van der Waals surface area contributed by atoms with Gasteiger partial charge in [-0.3, -0.25) is 4.98 Å². The van der Waals surface area contributed by atoms with Crippen LogP contribution in [0.4, 0.5) is 13.2 Å². The molecule has 0 bridgehead atoms. The summed E-state index contributed by atoms with van der Waals surface area (Å²) in [5.41, 5.74) is 5.54. The van der Waals surface area contributed by atoms with E-state index in [1.165, 1.54) is 6.07 Å². The van der Waals surface area contributed by atoms with E-state index < -0.39 is 28.8 Å². The molecular formula is C11H12F3N3O2S2. The van der Waals surface area contributed by atoms with Crippen molar-refractivity contribution in [3.8, 4) is 0 Å². The highest BCUT2D eigenvalue weighted by atomic mass is 32.2. The summed E-state index contributed by atoms with van der Waals surface area (Å²) in [6, 6.07) is 1.82.